The zero-order chi connectivity index (χ0) is 12.4. The number of pyridine rings is 1. The summed E-state index contributed by atoms with van der Waals surface area (Å²) in [5.41, 5.74) is 7.40. The topological polar surface area (TPSA) is 38.9 Å². The molecule has 5 heteroatoms. The molecule has 0 spiro atoms. The van der Waals surface area contributed by atoms with Crippen LogP contribution in [0.3, 0.4) is 0 Å². The van der Waals surface area contributed by atoms with E-state index in [0.717, 1.165) is 15.5 Å². The highest BCUT2D eigenvalue weighted by Gasteiger charge is 2.06. The standard InChI is InChI=1S/C12H10Cl2N2S/c1-7-4-12(16-6-10(7)15)17-11-5-8(13)2-3-9(11)14/h2-6H,15H2,1H3. The zero-order valence-electron chi connectivity index (χ0n) is 9.08. The molecule has 0 radical (unpaired) electrons. The highest BCUT2D eigenvalue weighted by atomic mass is 35.5. The number of hydrogen-bond donors (Lipinski definition) is 1. The number of aryl methyl sites for hydroxylation is 1. The van der Waals surface area contributed by atoms with Crippen LogP contribution in [0.1, 0.15) is 5.56 Å². The summed E-state index contributed by atoms with van der Waals surface area (Å²) < 4.78 is 0. The van der Waals surface area contributed by atoms with E-state index in [9.17, 15) is 0 Å². The number of hydrogen-bond acceptors (Lipinski definition) is 3. The van der Waals surface area contributed by atoms with Crippen molar-refractivity contribution in [2.75, 3.05) is 5.73 Å². The summed E-state index contributed by atoms with van der Waals surface area (Å²) in [7, 11) is 0. The molecular formula is C12H10Cl2N2S. The van der Waals surface area contributed by atoms with E-state index in [2.05, 4.69) is 4.98 Å². The molecule has 0 atom stereocenters. The number of benzene rings is 1. The van der Waals surface area contributed by atoms with Gasteiger partial charge in [-0.15, -0.1) is 0 Å². The molecule has 1 aromatic heterocycles. The second-order valence-electron chi connectivity index (χ2n) is 3.56. The van der Waals surface area contributed by atoms with Crippen molar-refractivity contribution in [3.63, 3.8) is 0 Å². The molecule has 17 heavy (non-hydrogen) atoms. The smallest absolute Gasteiger partial charge is 0.101 e. The van der Waals surface area contributed by atoms with Crippen LogP contribution >= 0.6 is 35.0 Å². The third kappa shape index (κ3) is 3.06. The van der Waals surface area contributed by atoms with Crippen LogP contribution in [0.5, 0.6) is 0 Å². The fourth-order valence-corrected chi connectivity index (χ4v) is 2.65. The monoisotopic (exact) mass is 284 g/mol. The van der Waals surface area contributed by atoms with Crippen LogP contribution in [-0.4, -0.2) is 4.98 Å². The second kappa shape index (κ2) is 5.17. The second-order valence-corrected chi connectivity index (χ2v) is 5.46. The van der Waals surface area contributed by atoms with Gasteiger partial charge in [-0.05, 0) is 36.8 Å². The van der Waals surface area contributed by atoms with Crippen LogP contribution in [0.15, 0.2) is 40.4 Å². The van der Waals surface area contributed by atoms with Gasteiger partial charge in [-0.1, -0.05) is 35.0 Å². The molecule has 0 aliphatic heterocycles. The van der Waals surface area contributed by atoms with Crippen molar-refractivity contribution in [1.82, 2.24) is 4.98 Å². The first-order chi connectivity index (χ1) is 8.06. The minimum atomic E-state index is 0.657. The Balaban J connectivity index is 2.31. The van der Waals surface area contributed by atoms with Crippen molar-refractivity contribution in [2.24, 2.45) is 0 Å². The van der Waals surface area contributed by atoms with E-state index >= 15 is 0 Å². The summed E-state index contributed by atoms with van der Waals surface area (Å²) in [6.45, 7) is 1.95. The molecule has 0 unspecified atom stereocenters. The molecule has 2 N–H and O–H groups in total. The maximum atomic E-state index is 6.09. The Kier molecular flexibility index (Phi) is 3.82. The minimum Gasteiger partial charge on any atom is -0.397 e. The summed E-state index contributed by atoms with van der Waals surface area (Å²) in [5, 5.41) is 2.17. The molecule has 0 saturated heterocycles. The normalized spacial score (nSPS) is 10.5. The third-order valence-corrected chi connectivity index (χ3v) is 3.90. The predicted octanol–water partition coefficient (Wildman–Crippen LogP) is 4.43. The van der Waals surface area contributed by atoms with Crippen molar-refractivity contribution < 1.29 is 0 Å². The molecular weight excluding hydrogens is 275 g/mol. The van der Waals surface area contributed by atoms with Crippen molar-refractivity contribution >= 4 is 40.7 Å². The van der Waals surface area contributed by atoms with Gasteiger partial charge in [0.25, 0.3) is 0 Å². The van der Waals surface area contributed by atoms with Gasteiger partial charge < -0.3 is 5.73 Å². The average Bonchev–Trinajstić information content (AvgIpc) is 2.29. The number of aromatic nitrogens is 1. The van der Waals surface area contributed by atoms with Crippen molar-refractivity contribution in [1.29, 1.82) is 0 Å². The van der Waals surface area contributed by atoms with E-state index in [-0.39, 0.29) is 0 Å². The summed E-state index contributed by atoms with van der Waals surface area (Å²) in [5.74, 6) is 0. The first-order valence-electron chi connectivity index (χ1n) is 4.91. The van der Waals surface area contributed by atoms with Gasteiger partial charge in [0.1, 0.15) is 5.03 Å². The van der Waals surface area contributed by atoms with E-state index in [1.165, 1.54) is 11.8 Å². The highest BCUT2D eigenvalue weighted by molar-refractivity contribution is 7.99. The Morgan fingerprint density at radius 1 is 1.24 bits per heavy atom. The summed E-state index contributed by atoms with van der Waals surface area (Å²) in [6.07, 6.45) is 1.65. The maximum Gasteiger partial charge on any atom is 0.101 e. The number of rotatable bonds is 2. The largest absolute Gasteiger partial charge is 0.397 e. The minimum absolute atomic E-state index is 0.657. The lowest BCUT2D eigenvalue weighted by Crippen LogP contribution is -1.91. The quantitative estimate of drug-likeness (QED) is 0.887. The van der Waals surface area contributed by atoms with Gasteiger partial charge in [0.15, 0.2) is 0 Å². The van der Waals surface area contributed by atoms with Crippen LogP contribution in [0.2, 0.25) is 10.0 Å². The first kappa shape index (κ1) is 12.6. The Bertz CT molecular complexity index is 558. The van der Waals surface area contributed by atoms with Gasteiger partial charge >= 0.3 is 0 Å². The van der Waals surface area contributed by atoms with E-state index in [0.29, 0.717) is 15.7 Å². The van der Waals surface area contributed by atoms with Gasteiger partial charge in [0, 0.05) is 9.92 Å². The number of nitrogens with zero attached hydrogens (tertiary/aromatic N) is 1. The van der Waals surface area contributed by atoms with Gasteiger partial charge in [0.05, 0.1) is 16.9 Å². The Labute approximate surface area is 114 Å². The fraction of sp³-hybridized carbons (Fsp3) is 0.0833. The van der Waals surface area contributed by atoms with E-state index in [1.807, 2.05) is 19.1 Å². The van der Waals surface area contributed by atoms with Crippen LogP contribution in [0, 0.1) is 6.92 Å². The summed E-state index contributed by atoms with van der Waals surface area (Å²) in [6, 6.07) is 7.28. The van der Waals surface area contributed by atoms with Gasteiger partial charge in [-0.25, -0.2) is 4.98 Å². The average molecular weight is 285 g/mol. The Hall–Kier alpha value is -0.900. The molecule has 2 nitrogen and oxygen atoms in total. The van der Waals surface area contributed by atoms with E-state index < -0.39 is 0 Å². The molecule has 1 heterocycles. The first-order valence-corrected chi connectivity index (χ1v) is 6.48. The SMILES string of the molecule is Cc1cc(Sc2cc(Cl)ccc2Cl)ncc1N. The van der Waals surface area contributed by atoms with Gasteiger partial charge in [0.2, 0.25) is 0 Å². The van der Waals surface area contributed by atoms with Crippen LogP contribution in [0.4, 0.5) is 5.69 Å². The number of halogens is 2. The number of anilines is 1. The Morgan fingerprint density at radius 2 is 2.00 bits per heavy atom. The molecule has 2 rings (SSSR count). The molecule has 0 saturated carbocycles. The maximum absolute atomic E-state index is 6.09. The summed E-state index contributed by atoms with van der Waals surface area (Å²) in [4.78, 5) is 5.13. The molecule has 0 aliphatic carbocycles. The molecule has 88 valence electrons. The van der Waals surface area contributed by atoms with Crippen molar-refractivity contribution in [3.8, 4) is 0 Å². The number of nitrogen functional groups attached to an aromatic ring is 1. The fourth-order valence-electron chi connectivity index (χ4n) is 1.26. The van der Waals surface area contributed by atoms with Crippen molar-refractivity contribution in [2.45, 2.75) is 16.8 Å². The van der Waals surface area contributed by atoms with Gasteiger partial charge in [-0.3, -0.25) is 0 Å². The van der Waals surface area contributed by atoms with Crippen LogP contribution in [-0.2, 0) is 0 Å². The van der Waals surface area contributed by atoms with Crippen molar-refractivity contribution in [3.05, 3.63) is 46.1 Å². The van der Waals surface area contributed by atoms with Crippen LogP contribution < -0.4 is 5.73 Å². The van der Waals surface area contributed by atoms with E-state index in [4.69, 9.17) is 28.9 Å². The molecule has 0 bridgehead atoms. The van der Waals surface area contributed by atoms with Crippen LogP contribution in [0.25, 0.3) is 0 Å². The zero-order valence-corrected chi connectivity index (χ0v) is 11.4. The molecule has 1 aromatic carbocycles. The molecule has 0 amide bonds. The predicted molar refractivity (Wildman–Crippen MR) is 74.0 cm³/mol. The lowest BCUT2D eigenvalue weighted by Gasteiger charge is -2.06. The molecule has 0 aliphatic rings. The van der Waals surface area contributed by atoms with Gasteiger partial charge in [-0.2, -0.15) is 0 Å². The molecule has 0 fully saturated rings. The van der Waals surface area contributed by atoms with E-state index in [1.54, 1.807) is 18.3 Å². The molecule has 2 aromatic rings. The Morgan fingerprint density at radius 3 is 2.71 bits per heavy atom. The number of nitrogens with two attached hydrogens (primary N) is 1. The summed E-state index contributed by atoms with van der Waals surface area (Å²) >= 11 is 13.5. The third-order valence-electron chi connectivity index (χ3n) is 2.23. The lowest BCUT2D eigenvalue weighted by molar-refractivity contribution is 1.11. The lowest BCUT2D eigenvalue weighted by atomic mass is 10.3. The highest BCUT2D eigenvalue weighted by Crippen LogP contribution is 2.34.